The Morgan fingerprint density at radius 1 is 0.974 bits per heavy atom. The molecule has 4 heteroatoms. The summed E-state index contributed by atoms with van der Waals surface area (Å²) in [4.78, 5) is 44.7. The number of Topliss-reactive ketones (excluding diaryl/α,β-unsaturated/α-hetero) is 3. The van der Waals surface area contributed by atoms with Gasteiger partial charge in [0.05, 0.1) is 11.0 Å². The Morgan fingerprint density at radius 3 is 2.10 bits per heavy atom. The molecule has 2 aliphatic carbocycles. The van der Waals surface area contributed by atoms with E-state index in [1.807, 2.05) is 53.7 Å². The van der Waals surface area contributed by atoms with Crippen LogP contribution in [-0.4, -0.2) is 23.0 Å². The van der Waals surface area contributed by atoms with Gasteiger partial charge in [-0.15, -0.1) is 0 Å². The molecule has 2 bridgehead atoms. The molecule has 214 valence electrons. The zero-order valence-corrected chi connectivity index (χ0v) is 26.2. The number of allylic oxidation sites excluding steroid dienone is 9. The third kappa shape index (κ3) is 5.09. The fourth-order valence-corrected chi connectivity index (χ4v) is 7.03. The Morgan fingerprint density at radius 2 is 1.56 bits per heavy atom. The number of carbonyl (C=O) groups is 3. The summed E-state index contributed by atoms with van der Waals surface area (Å²) in [5.41, 5.74) is -0.417. The largest absolute Gasteiger partial charge is 0.486 e. The van der Waals surface area contributed by atoms with Crippen LogP contribution in [0.5, 0.6) is 0 Å². The summed E-state index contributed by atoms with van der Waals surface area (Å²) in [5.74, 6) is -0.888. The second kappa shape index (κ2) is 10.8. The van der Waals surface area contributed by atoms with Crippen LogP contribution in [0.3, 0.4) is 0 Å². The van der Waals surface area contributed by atoms with E-state index in [-0.39, 0.29) is 23.3 Å². The lowest BCUT2D eigenvalue weighted by atomic mass is 9.38. The zero-order chi connectivity index (χ0) is 29.6. The summed E-state index contributed by atoms with van der Waals surface area (Å²) in [6.07, 6.45) is 13.2. The fraction of sp³-hybridized carbons (Fsp3) is 0.629. The molecule has 1 aliphatic heterocycles. The van der Waals surface area contributed by atoms with Gasteiger partial charge >= 0.3 is 0 Å². The minimum atomic E-state index is -1.75. The number of carbonyl (C=O) groups excluding carboxylic acids is 3. The van der Waals surface area contributed by atoms with Crippen LogP contribution in [0.1, 0.15) is 108 Å². The van der Waals surface area contributed by atoms with Crippen molar-refractivity contribution < 1.29 is 19.1 Å². The van der Waals surface area contributed by atoms with Crippen LogP contribution < -0.4 is 0 Å². The first-order valence-corrected chi connectivity index (χ1v) is 14.6. The second-order valence-electron chi connectivity index (χ2n) is 13.9. The molecule has 0 aromatic heterocycles. The number of fused-ring (bicyclic) bond motifs is 3. The lowest BCUT2D eigenvalue weighted by molar-refractivity contribution is -0.182. The van der Waals surface area contributed by atoms with Crippen molar-refractivity contribution in [2.24, 2.45) is 28.1 Å². The number of ether oxygens (including phenoxy) is 1. The van der Waals surface area contributed by atoms with Crippen LogP contribution in [0.15, 0.2) is 58.4 Å². The van der Waals surface area contributed by atoms with Gasteiger partial charge in [-0.05, 0) is 111 Å². The molecule has 0 aromatic carbocycles. The molecular formula is C35H50O4. The standard InChI is InChI=1S/C35H50O4/c1-22(2)13-12-18-33(11)26(15-14-23(3)4)21-34(20-16-24(5)6)30-27(17-19-32(9,10)39-30)29(37)35(33,31(34)38)28(36)25(7)8/h13-14,16-17,19,25-26H,12,15,18,20-21H2,1-11H3/t26-,33-,34-,35+/m1/s1. The summed E-state index contributed by atoms with van der Waals surface area (Å²) in [7, 11) is 0. The topological polar surface area (TPSA) is 60.4 Å². The summed E-state index contributed by atoms with van der Waals surface area (Å²) in [6.45, 7) is 21.9. The summed E-state index contributed by atoms with van der Waals surface area (Å²) in [5, 5.41) is 0. The highest BCUT2D eigenvalue weighted by atomic mass is 16.5. The molecule has 0 amide bonds. The molecule has 0 spiro atoms. The maximum atomic E-state index is 15.2. The molecular weight excluding hydrogens is 484 g/mol. The highest BCUT2D eigenvalue weighted by molar-refractivity contribution is 6.34. The van der Waals surface area contributed by atoms with Gasteiger partial charge in [-0.1, -0.05) is 55.7 Å². The van der Waals surface area contributed by atoms with E-state index in [0.717, 1.165) is 5.57 Å². The van der Waals surface area contributed by atoms with Crippen molar-refractivity contribution in [3.05, 3.63) is 58.4 Å². The van der Waals surface area contributed by atoms with E-state index >= 15 is 4.79 Å². The van der Waals surface area contributed by atoms with E-state index in [0.29, 0.717) is 43.4 Å². The van der Waals surface area contributed by atoms with E-state index in [9.17, 15) is 9.59 Å². The highest BCUT2D eigenvalue weighted by Crippen LogP contribution is 2.68. The Balaban J connectivity index is 2.47. The number of rotatable bonds is 9. The smallest absolute Gasteiger partial charge is 0.187 e. The molecule has 4 atom stereocenters. The fourth-order valence-electron chi connectivity index (χ4n) is 7.03. The van der Waals surface area contributed by atoms with Gasteiger partial charge in [-0.25, -0.2) is 0 Å². The maximum Gasteiger partial charge on any atom is 0.187 e. The van der Waals surface area contributed by atoms with Gasteiger partial charge in [0, 0.05) is 5.92 Å². The molecule has 39 heavy (non-hydrogen) atoms. The maximum absolute atomic E-state index is 15.2. The Hall–Kier alpha value is -2.49. The number of hydrogen-bond acceptors (Lipinski definition) is 4. The van der Waals surface area contributed by atoms with Gasteiger partial charge < -0.3 is 4.74 Å². The summed E-state index contributed by atoms with van der Waals surface area (Å²) < 4.78 is 6.57. The average Bonchev–Trinajstić information content (AvgIpc) is 2.81. The van der Waals surface area contributed by atoms with Crippen LogP contribution in [0.4, 0.5) is 0 Å². The zero-order valence-electron chi connectivity index (χ0n) is 26.2. The molecule has 1 fully saturated rings. The van der Waals surface area contributed by atoms with Crippen molar-refractivity contribution in [3.8, 4) is 0 Å². The van der Waals surface area contributed by atoms with E-state index < -0.39 is 27.8 Å². The minimum absolute atomic E-state index is 0.0560. The molecule has 3 aliphatic rings. The monoisotopic (exact) mass is 534 g/mol. The first-order chi connectivity index (χ1) is 18.0. The quantitative estimate of drug-likeness (QED) is 0.220. The third-order valence-corrected chi connectivity index (χ3v) is 9.19. The Kier molecular flexibility index (Phi) is 8.61. The van der Waals surface area contributed by atoms with Gasteiger partial charge in [0.2, 0.25) is 0 Å². The van der Waals surface area contributed by atoms with Crippen LogP contribution in [0, 0.1) is 28.1 Å². The molecule has 1 heterocycles. The molecule has 4 nitrogen and oxygen atoms in total. The Labute approximate surface area is 236 Å². The summed E-state index contributed by atoms with van der Waals surface area (Å²) in [6, 6.07) is 0. The van der Waals surface area contributed by atoms with E-state index in [4.69, 9.17) is 4.74 Å². The average molecular weight is 535 g/mol. The minimum Gasteiger partial charge on any atom is -0.486 e. The molecule has 0 N–H and O–H groups in total. The van der Waals surface area contributed by atoms with Crippen molar-refractivity contribution >= 4 is 17.3 Å². The SMILES string of the molecule is CC(C)=CCC[C@]1(C)[C@H](CC=C(C)C)C[C@@]2(CC=C(C)C)C(=O)[C@]1(C(=O)C(C)C)C(=O)C1=C2OC(C)(C)C=C1. The van der Waals surface area contributed by atoms with Gasteiger partial charge in [0.25, 0.3) is 0 Å². The van der Waals surface area contributed by atoms with Crippen molar-refractivity contribution in [2.45, 2.75) is 114 Å². The van der Waals surface area contributed by atoms with Gasteiger partial charge in [0.15, 0.2) is 22.8 Å². The van der Waals surface area contributed by atoms with Crippen LogP contribution in [-0.2, 0) is 19.1 Å². The lowest BCUT2D eigenvalue weighted by Crippen LogP contribution is -2.71. The molecule has 0 saturated heterocycles. The van der Waals surface area contributed by atoms with Crippen LogP contribution in [0.25, 0.3) is 0 Å². The van der Waals surface area contributed by atoms with Crippen molar-refractivity contribution in [1.29, 1.82) is 0 Å². The van der Waals surface area contributed by atoms with Gasteiger partial charge in [0.1, 0.15) is 11.4 Å². The third-order valence-electron chi connectivity index (χ3n) is 9.19. The van der Waals surface area contributed by atoms with Crippen molar-refractivity contribution in [3.63, 3.8) is 0 Å². The Bertz CT molecular complexity index is 1190. The number of ketones is 3. The predicted molar refractivity (Wildman–Crippen MR) is 159 cm³/mol. The highest BCUT2D eigenvalue weighted by Gasteiger charge is 2.76. The molecule has 0 aromatic rings. The molecule has 0 radical (unpaired) electrons. The van der Waals surface area contributed by atoms with Crippen LogP contribution in [0.2, 0.25) is 0 Å². The van der Waals surface area contributed by atoms with Gasteiger partial charge in [-0.2, -0.15) is 0 Å². The predicted octanol–water partition coefficient (Wildman–Crippen LogP) is 8.44. The van der Waals surface area contributed by atoms with Crippen molar-refractivity contribution in [2.75, 3.05) is 0 Å². The lowest BCUT2D eigenvalue weighted by Gasteiger charge is -2.62. The first-order valence-electron chi connectivity index (χ1n) is 14.6. The molecule has 3 rings (SSSR count). The number of hydrogen-bond donors (Lipinski definition) is 0. The van der Waals surface area contributed by atoms with E-state index in [1.165, 1.54) is 11.1 Å². The van der Waals surface area contributed by atoms with Crippen LogP contribution >= 0.6 is 0 Å². The van der Waals surface area contributed by atoms with E-state index in [1.54, 1.807) is 0 Å². The van der Waals surface area contributed by atoms with E-state index in [2.05, 4.69) is 52.8 Å². The molecule has 0 unspecified atom stereocenters. The summed E-state index contributed by atoms with van der Waals surface area (Å²) >= 11 is 0. The normalized spacial score (nSPS) is 30.9. The van der Waals surface area contributed by atoms with Crippen molar-refractivity contribution in [1.82, 2.24) is 0 Å². The second-order valence-corrected chi connectivity index (χ2v) is 13.9. The first kappa shape index (κ1) is 31.0. The molecule has 1 saturated carbocycles. The van der Waals surface area contributed by atoms with Gasteiger partial charge in [-0.3, -0.25) is 14.4 Å².